The fraction of sp³-hybridized carbons (Fsp3) is 0.588. The predicted octanol–water partition coefficient (Wildman–Crippen LogP) is 1.63. The van der Waals surface area contributed by atoms with Crippen LogP contribution in [0.4, 0.5) is 0 Å². The van der Waals surface area contributed by atoms with Crippen molar-refractivity contribution >= 4 is 29.1 Å². The van der Waals surface area contributed by atoms with Crippen molar-refractivity contribution in [2.24, 2.45) is 5.92 Å². The molecule has 2 rings (SSSR count). The lowest BCUT2D eigenvalue weighted by atomic mass is 9.95. The minimum Gasteiger partial charge on any atom is -0.354 e. The van der Waals surface area contributed by atoms with E-state index in [2.05, 4.69) is 10.6 Å². The number of carbonyl (C=O) groups excluding carboxylic acids is 3. The summed E-state index contributed by atoms with van der Waals surface area (Å²) >= 11 is 1.43. The number of amides is 3. The van der Waals surface area contributed by atoms with Crippen LogP contribution >= 0.6 is 11.3 Å². The summed E-state index contributed by atoms with van der Waals surface area (Å²) in [5, 5.41) is 7.44. The smallest absolute Gasteiger partial charge is 0.263 e. The van der Waals surface area contributed by atoms with Crippen LogP contribution in [0.2, 0.25) is 0 Å². The summed E-state index contributed by atoms with van der Waals surface area (Å²) in [5.74, 6) is -0.358. The fourth-order valence-corrected chi connectivity index (χ4v) is 3.39. The van der Waals surface area contributed by atoms with Crippen LogP contribution < -0.4 is 10.6 Å². The molecule has 1 aromatic rings. The Bertz CT molecular complexity index is 566. The summed E-state index contributed by atoms with van der Waals surface area (Å²) in [6.07, 6.45) is 2.13. The highest BCUT2D eigenvalue weighted by atomic mass is 32.1. The number of nitrogens with zero attached hydrogens (tertiary/aromatic N) is 1. The molecule has 1 fully saturated rings. The first kappa shape index (κ1) is 18.4. The summed E-state index contributed by atoms with van der Waals surface area (Å²) in [4.78, 5) is 38.9. The number of likely N-dealkylation sites (tertiary alicyclic amines) is 1. The normalized spacial score (nSPS) is 16.5. The van der Waals surface area contributed by atoms with Gasteiger partial charge in [0.1, 0.15) is 6.04 Å². The van der Waals surface area contributed by atoms with Crippen LogP contribution in [-0.4, -0.2) is 48.3 Å². The van der Waals surface area contributed by atoms with E-state index in [1.807, 2.05) is 24.4 Å². The van der Waals surface area contributed by atoms with Crippen LogP contribution in [0.25, 0.3) is 0 Å². The molecule has 2 N–H and O–H groups in total. The molecule has 1 aliphatic heterocycles. The molecule has 0 aliphatic carbocycles. The average Bonchev–Trinajstić information content (AvgIpc) is 3.13. The maximum atomic E-state index is 12.3. The van der Waals surface area contributed by atoms with Crippen molar-refractivity contribution in [1.29, 1.82) is 0 Å². The highest BCUT2D eigenvalue weighted by molar-refractivity contribution is 7.12. The van der Waals surface area contributed by atoms with Crippen molar-refractivity contribution in [2.45, 2.75) is 39.2 Å². The number of piperidine rings is 1. The summed E-state index contributed by atoms with van der Waals surface area (Å²) in [7, 11) is 0. The van der Waals surface area contributed by atoms with Crippen molar-refractivity contribution in [3.63, 3.8) is 0 Å². The summed E-state index contributed by atoms with van der Waals surface area (Å²) in [6.45, 7) is 5.44. The molecule has 0 bridgehead atoms. The number of rotatable bonds is 6. The van der Waals surface area contributed by atoms with E-state index in [0.717, 1.165) is 11.3 Å². The number of carbonyl (C=O) groups is 3. The second-order valence-electron chi connectivity index (χ2n) is 6.07. The molecule has 1 saturated heterocycles. The Labute approximate surface area is 146 Å². The number of hydrogen-bond acceptors (Lipinski definition) is 4. The molecule has 132 valence electrons. The van der Waals surface area contributed by atoms with Gasteiger partial charge in [-0.25, -0.2) is 0 Å². The van der Waals surface area contributed by atoms with Gasteiger partial charge in [0.2, 0.25) is 11.8 Å². The molecule has 1 aliphatic rings. The predicted molar refractivity (Wildman–Crippen MR) is 93.9 cm³/mol. The van der Waals surface area contributed by atoms with Crippen molar-refractivity contribution in [2.75, 3.05) is 19.6 Å². The van der Waals surface area contributed by atoms with Gasteiger partial charge in [-0.05, 0) is 37.6 Å². The Morgan fingerprint density at radius 3 is 2.62 bits per heavy atom. The van der Waals surface area contributed by atoms with Gasteiger partial charge >= 0.3 is 0 Å². The molecule has 1 atom stereocenters. The van der Waals surface area contributed by atoms with Gasteiger partial charge in [-0.2, -0.15) is 0 Å². The van der Waals surface area contributed by atoms with E-state index in [4.69, 9.17) is 0 Å². The fourth-order valence-electron chi connectivity index (χ4n) is 2.70. The molecule has 2 heterocycles. The van der Waals surface area contributed by atoms with Gasteiger partial charge in [0.15, 0.2) is 0 Å². The van der Waals surface area contributed by atoms with Crippen LogP contribution in [0, 0.1) is 5.92 Å². The first-order valence-electron chi connectivity index (χ1n) is 8.43. The summed E-state index contributed by atoms with van der Waals surface area (Å²) in [5.41, 5.74) is 0. The first-order chi connectivity index (χ1) is 11.5. The topological polar surface area (TPSA) is 78.5 Å². The van der Waals surface area contributed by atoms with Gasteiger partial charge < -0.3 is 15.5 Å². The molecule has 7 heteroatoms. The molecule has 0 aromatic carbocycles. The second kappa shape index (κ2) is 8.82. The zero-order valence-electron chi connectivity index (χ0n) is 14.2. The Hall–Kier alpha value is -1.89. The van der Waals surface area contributed by atoms with Crippen LogP contribution in [0.5, 0.6) is 0 Å². The van der Waals surface area contributed by atoms with Gasteiger partial charge in [0.25, 0.3) is 5.91 Å². The monoisotopic (exact) mass is 351 g/mol. The molecular formula is C17H25N3O3S. The SMILES string of the molecule is CCCNC(=O)[C@@H](C)NC(=O)C1CCN(C(=O)c2cccs2)CC1. The van der Waals surface area contributed by atoms with E-state index >= 15 is 0 Å². The van der Waals surface area contributed by atoms with Crippen LogP contribution in [0.15, 0.2) is 17.5 Å². The Kier molecular flexibility index (Phi) is 6.78. The van der Waals surface area contributed by atoms with E-state index in [-0.39, 0.29) is 23.6 Å². The Morgan fingerprint density at radius 1 is 1.33 bits per heavy atom. The maximum absolute atomic E-state index is 12.3. The van der Waals surface area contributed by atoms with E-state index < -0.39 is 6.04 Å². The second-order valence-corrected chi connectivity index (χ2v) is 7.01. The lowest BCUT2D eigenvalue weighted by molar-refractivity contribution is -0.131. The van der Waals surface area contributed by atoms with Crippen molar-refractivity contribution in [3.8, 4) is 0 Å². The van der Waals surface area contributed by atoms with E-state index in [9.17, 15) is 14.4 Å². The van der Waals surface area contributed by atoms with Gasteiger partial charge in [-0.1, -0.05) is 13.0 Å². The summed E-state index contributed by atoms with van der Waals surface area (Å²) in [6, 6.07) is 3.15. The molecule has 24 heavy (non-hydrogen) atoms. The number of thiophene rings is 1. The zero-order chi connectivity index (χ0) is 17.5. The summed E-state index contributed by atoms with van der Waals surface area (Å²) < 4.78 is 0. The molecule has 6 nitrogen and oxygen atoms in total. The van der Waals surface area contributed by atoms with E-state index in [1.165, 1.54) is 11.3 Å². The third-order valence-electron chi connectivity index (χ3n) is 4.19. The molecule has 3 amide bonds. The van der Waals surface area contributed by atoms with Crippen LogP contribution in [0.1, 0.15) is 42.8 Å². The standard InChI is InChI=1S/C17H25N3O3S/c1-3-8-18-15(21)12(2)19-16(22)13-6-9-20(10-7-13)17(23)14-5-4-11-24-14/h4-5,11-13H,3,6-10H2,1-2H3,(H,18,21)(H,19,22)/t12-/m1/s1. The van der Waals surface area contributed by atoms with Crippen LogP contribution in [0.3, 0.4) is 0 Å². The largest absolute Gasteiger partial charge is 0.354 e. The Morgan fingerprint density at radius 2 is 2.04 bits per heavy atom. The number of hydrogen-bond donors (Lipinski definition) is 2. The number of nitrogens with one attached hydrogen (secondary N) is 2. The van der Waals surface area contributed by atoms with Crippen molar-refractivity contribution in [1.82, 2.24) is 15.5 Å². The first-order valence-corrected chi connectivity index (χ1v) is 9.31. The molecule has 0 saturated carbocycles. The molecular weight excluding hydrogens is 326 g/mol. The molecule has 1 aromatic heterocycles. The van der Waals surface area contributed by atoms with Gasteiger partial charge in [0, 0.05) is 25.6 Å². The highest BCUT2D eigenvalue weighted by Crippen LogP contribution is 2.21. The van der Waals surface area contributed by atoms with Crippen LogP contribution in [-0.2, 0) is 9.59 Å². The minimum absolute atomic E-state index is 0.0381. The van der Waals surface area contributed by atoms with Gasteiger partial charge in [0.05, 0.1) is 4.88 Å². The lowest BCUT2D eigenvalue weighted by Crippen LogP contribution is -2.49. The third-order valence-corrected chi connectivity index (χ3v) is 5.04. The van der Waals surface area contributed by atoms with Crippen molar-refractivity contribution in [3.05, 3.63) is 22.4 Å². The van der Waals surface area contributed by atoms with Gasteiger partial charge in [-0.15, -0.1) is 11.3 Å². The zero-order valence-corrected chi connectivity index (χ0v) is 15.0. The molecule has 0 spiro atoms. The molecule has 0 unspecified atom stereocenters. The van der Waals surface area contributed by atoms with Crippen molar-refractivity contribution < 1.29 is 14.4 Å². The lowest BCUT2D eigenvalue weighted by Gasteiger charge is -2.31. The maximum Gasteiger partial charge on any atom is 0.263 e. The highest BCUT2D eigenvalue weighted by Gasteiger charge is 2.29. The average molecular weight is 351 g/mol. The molecule has 0 radical (unpaired) electrons. The van der Waals surface area contributed by atoms with E-state index in [0.29, 0.717) is 32.5 Å². The van der Waals surface area contributed by atoms with Gasteiger partial charge in [-0.3, -0.25) is 14.4 Å². The minimum atomic E-state index is -0.533. The van der Waals surface area contributed by atoms with E-state index in [1.54, 1.807) is 11.8 Å². The third kappa shape index (κ3) is 4.80. The Balaban J connectivity index is 1.78. The quantitative estimate of drug-likeness (QED) is 0.818.